The zero-order chi connectivity index (χ0) is 16.5. The van der Waals surface area contributed by atoms with Gasteiger partial charge in [0.1, 0.15) is 0 Å². The monoisotopic (exact) mass is 327 g/mol. The molecule has 128 valence electrons. The number of fused-ring (bicyclic) bond motifs is 1. The van der Waals surface area contributed by atoms with Crippen molar-refractivity contribution in [2.45, 2.75) is 25.7 Å². The van der Waals surface area contributed by atoms with Crippen LogP contribution in [0.3, 0.4) is 0 Å². The minimum absolute atomic E-state index is 0.0307. The van der Waals surface area contributed by atoms with Crippen molar-refractivity contribution in [1.29, 1.82) is 0 Å². The summed E-state index contributed by atoms with van der Waals surface area (Å²) in [6, 6.07) is 10.4. The summed E-state index contributed by atoms with van der Waals surface area (Å²) in [5, 5.41) is 0. The first-order valence-electron chi connectivity index (χ1n) is 9.11. The maximum absolute atomic E-state index is 12.6. The Bertz CT molecular complexity index is 586. The second-order valence-corrected chi connectivity index (χ2v) is 7.18. The maximum Gasteiger partial charge on any atom is 0.234 e. The number of benzene rings is 1. The lowest BCUT2D eigenvalue weighted by Crippen LogP contribution is -2.51. The molecule has 0 N–H and O–H groups in total. The van der Waals surface area contributed by atoms with E-state index in [4.69, 9.17) is 0 Å². The molecule has 2 atom stereocenters. The van der Waals surface area contributed by atoms with Crippen molar-refractivity contribution in [3.05, 3.63) is 30.3 Å². The van der Waals surface area contributed by atoms with Gasteiger partial charge in [-0.2, -0.15) is 0 Å². The van der Waals surface area contributed by atoms with Gasteiger partial charge >= 0.3 is 0 Å². The van der Waals surface area contributed by atoms with Crippen molar-refractivity contribution in [2.24, 2.45) is 11.8 Å². The van der Waals surface area contributed by atoms with E-state index in [1.165, 1.54) is 5.69 Å². The van der Waals surface area contributed by atoms with Crippen molar-refractivity contribution in [3.8, 4) is 0 Å². The molecule has 0 unspecified atom stereocenters. The van der Waals surface area contributed by atoms with E-state index < -0.39 is 0 Å². The molecule has 2 aliphatic heterocycles. The molecule has 3 fully saturated rings. The van der Waals surface area contributed by atoms with Gasteiger partial charge in [-0.05, 0) is 25.0 Å². The highest BCUT2D eigenvalue weighted by atomic mass is 16.2. The number of likely N-dealkylation sites (tertiary alicyclic amines) is 1. The fourth-order valence-corrected chi connectivity index (χ4v) is 4.36. The van der Waals surface area contributed by atoms with Crippen LogP contribution < -0.4 is 4.90 Å². The molecule has 2 saturated heterocycles. The summed E-state index contributed by atoms with van der Waals surface area (Å²) in [5.74, 6) is 0.0964. The molecule has 5 nitrogen and oxygen atoms in total. The number of amides is 2. The van der Waals surface area contributed by atoms with Gasteiger partial charge in [0.2, 0.25) is 11.8 Å². The van der Waals surface area contributed by atoms with Crippen LogP contribution in [-0.4, -0.2) is 54.5 Å². The number of imide groups is 1. The predicted octanol–water partition coefficient (Wildman–Crippen LogP) is 1.94. The molecule has 2 amide bonds. The van der Waals surface area contributed by atoms with Gasteiger partial charge in [-0.25, -0.2) is 0 Å². The quantitative estimate of drug-likeness (QED) is 0.796. The molecule has 1 aliphatic carbocycles. The highest BCUT2D eigenvalue weighted by molar-refractivity contribution is 6.05. The molecule has 0 aromatic heterocycles. The Morgan fingerprint density at radius 2 is 1.42 bits per heavy atom. The molecule has 1 aromatic carbocycles. The Kier molecular flexibility index (Phi) is 4.27. The summed E-state index contributed by atoms with van der Waals surface area (Å²) >= 11 is 0. The Hall–Kier alpha value is -1.88. The molecule has 4 rings (SSSR count). The predicted molar refractivity (Wildman–Crippen MR) is 92.4 cm³/mol. The van der Waals surface area contributed by atoms with Gasteiger partial charge in [-0.1, -0.05) is 31.0 Å². The molecule has 1 aromatic rings. The Morgan fingerprint density at radius 1 is 0.833 bits per heavy atom. The number of rotatable bonds is 3. The molecular weight excluding hydrogens is 302 g/mol. The van der Waals surface area contributed by atoms with Crippen molar-refractivity contribution in [3.63, 3.8) is 0 Å². The third kappa shape index (κ3) is 2.81. The lowest BCUT2D eigenvalue weighted by atomic mass is 9.81. The summed E-state index contributed by atoms with van der Waals surface area (Å²) in [6.07, 6.45) is 3.97. The standard InChI is InChI=1S/C19H25N3O2/c23-18-16-8-4-5-9-17(16)19(24)22(18)14-20-10-12-21(13-11-20)15-6-2-1-3-7-15/h1-3,6-7,16-17H,4-5,8-14H2/t16-,17-/m1/s1. The maximum atomic E-state index is 12.6. The zero-order valence-electron chi connectivity index (χ0n) is 14.1. The normalized spacial score (nSPS) is 28.3. The minimum Gasteiger partial charge on any atom is -0.369 e. The van der Waals surface area contributed by atoms with Gasteiger partial charge < -0.3 is 4.90 Å². The SMILES string of the molecule is O=C1[C@@H]2CCCC[C@H]2C(=O)N1CN1CCN(c2ccccc2)CC1. The van der Waals surface area contributed by atoms with Crippen LogP contribution in [0.15, 0.2) is 30.3 Å². The van der Waals surface area contributed by atoms with Crippen LogP contribution in [0.5, 0.6) is 0 Å². The number of carbonyl (C=O) groups excluding carboxylic acids is 2. The van der Waals surface area contributed by atoms with Crippen molar-refractivity contribution in [2.75, 3.05) is 37.7 Å². The van der Waals surface area contributed by atoms with Crippen molar-refractivity contribution < 1.29 is 9.59 Å². The molecular formula is C19H25N3O2. The third-order valence-electron chi connectivity index (χ3n) is 5.77. The van der Waals surface area contributed by atoms with Gasteiger partial charge in [0.05, 0.1) is 18.5 Å². The molecule has 1 saturated carbocycles. The number of carbonyl (C=O) groups is 2. The fraction of sp³-hybridized carbons (Fsp3) is 0.579. The summed E-state index contributed by atoms with van der Waals surface area (Å²) in [5.41, 5.74) is 1.25. The van der Waals surface area contributed by atoms with Gasteiger partial charge in [0.25, 0.3) is 0 Å². The van der Waals surface area contributed by atoms with E-state index in [1.54, 1.807) is 4.90 Å². The first-order chi connectivity index (χ1) is 11.7. The van der Waals surface area contributed by atoms with Gasteiger partial charge in [-0.3, -0.25) is 19.4 Å². The molecule has 0 radical (unpaired) electrons. The van der Waals surface area contributed by atoms with E-state index in [0.29, 0.717) is 6.67 Å². The molecule has 3 aliphatic rings. The van der Waals surface area contributed by atoms with Crippen LogP contribution in [-0.2, 0) is 9.59 Å². The van der Waals surface area contributed by atoms with E-state index in [2.05, 4.69) is 34.1 Å². The molecule has 2 heterocycles. The summed E-state index contributed by atoms with van der Waals surface area (Å²) in [4.78, 5) is 31.3. The number of hydrogen-bond acceptors (Lipinski definition) is 4. The first kappa shape index (κ1) is 15.6. The zero-order valence-corrected chi connectivity index (χ0v) is 14.1. The van der Waals surface area contributed by atoms with Gasteiger partial charge in [0, 0.05) is 31.9 Å². The van der Waals surface area contributed by atoms with Gasteiger partial charge in [0.15, 0.2) is 0 Å². The smallest absolute Gasteiger partial charge is 0.234 e. The highest BCUT2D eigenvalue weighted by Crippen LogP contribution is 2.38. The summed E-state index contributed by atoms with van der Waals surface area (Å²) in [7, 11) is 0. The molecule has 0 spiro atoms. The summed E-state index contributed by atoms with van der Waals surface area (Å²) < 4.78 is 0. The average molecular weight is 327 g/mol. The van der Waals surface area contributed by atoms with E-state index in [0.717, 1.165) is 51.9 Å². The molecule has 5 heteroatoms. The van der Waals surface area contributed by atoms with Crippen LogP contribution in [0.2, 0.25) is 0 Å². The topological polar surface area (TPSA) is 43.9 Å². The lowest BCUT2D eigenvalue weighted by molar-refractivity contribution is -0.142. The highest BCUT2D eigenvalue weighted by Gasteiger charge is 2.48. The largest absolute Gasteiger partial charge is 0.369 e. The van der Waals surface area contributed by atoms with Crippen molar-refractivity contribution in [1.82, 2.24) is 9.80 Å². The number of piperazine rings is 1. The van der Waals surface area contributed by atoms with Crippen LogP contribution in [0, 0.1) is 11.8 Å². The second kappa shape index (κ2) is 6.55. The Labute approximate surface area is 143 Å². The third-order valence-corrected chi connectivity index (χ3v) is 5.77. The molecule has 24 heavy (non-hydrogen) atoms. The van der Waals surface area contributed by atoms with Crippen LogP contribution >= 0.6 is 0 Å². The molecule has 0 bridgehead atoms. The first-order valence-corrected chi connectivity index (χ1v) is 9.11. The van der Waals surface area contributed by atoms with Crippen LogP contribution in [0.4, 0.5) is 5.69 Å². The second-order valence-electron chi connectivity index (χ2n) is 7.18. The summed E-state index contributed by atoms with van der Waals surface area (Å²) in [6.45, 7) is 4.13. The average Bonchev–Trinajstić information content (AvgIpc) is 2.88. The Morgan fingerprint density at radius 3 is 2.00 bits per heavy atom. The van der Waals surface area contributed by atoms with Gasteiger partial charge in [-0.15, -0.1) is 0 Å². The van der Waals surface area contributed by atoms with Crippen LogP contribution in [0.25, 0.3) is 0 Å². The van der Waals surface area contributed by atoms with E-state index in [-0.39, 0.29) is 23.7 Å². The number of anilines is 1. The Balaban J connectivity index is 1.35. The lowest BCUT2D eigenvalue weighted by Gasteiger charge is -2.37. The van der Waals surface area contributed by atoms with E-state index in [9.17, 15) is 9.59 Å². The van der Waals surface area contributed by atoms with Crippen LogP contribution in [0.1, 0.15) is 25.7 Å². The fourth-order valence-electron chi connectivity index (χ4n) is 4.36. The minimum atomic E-state index is -0.0307. The van der Waals surface area contributed by atoms with E-state index in [1.807, 2.05) is 6.07 Å². The van der Waals surface area contributed by atoms with Crippen molar-refractivity contribution >= 4 is 17.5 Å². The number of hydrogen-bond donors (Lipinski definition) is 0. The number of para-hydroxylation sites is 1. The number of nitrogens with zero attached hydrogens (tertiary/aromatic N) is 3. The van der Waals surface area contributed by atoms with E-state index >= 15 is 0 Å².